The Bertz CT molecular complexity index is 1170. The van der Waals surface area contributed by atoms with Crippen LogP contribution in [0.4, 0.5) is 0 Å². The van der Waals surface area contributed by atoms with Gasteiger partial charge in [0.05, 0.1) is 24.1 Å². The van der Waals surface area contributed by atoms with E-state index in [-0.39, 0.29) is 16.8 Å². The molecular formula is C27H31N3O4S. The molecule has 1 aliphatic heterocycles. The van der Waals surface area contributed by atoms with Gasteiger partial charge in [0.1, 0.15) is 5.75 Å². The van der Waals surface area contributed by atoms with Gasteiger partial charge >= 0.3 is 0 Å². The maximum absolute atomic E-state index is 13.3. The van der Waals surface area contributed by atoms with Crippen LogP contribution in [0, 0.1) is 0 Å². The highest BCUT2D eigenvalue weighted by atomic mass is 32.2. The van der Waals surface area contributed by atoms with Crippen LogP contribution in [0.2, 0.25) is 0 Å². The molecule has 0 radical (unpaired) electrons. The van der Waals surface area contributed by atoms with Crippen molar-refractivity contribution in [2.75, 3.05) is 33.3 Å². The number of piperazine rings is 1. The number of sulfonamides is 1. The SMILES string of the molecule is COc1ccc(S(=O)(=O)N2CCN(C(C)C(=O)NC(c3ccccc3)c3ccccc3)CC2)cc1. The Morgan fingerprint density at radius 1 is 0.829 bits per heavy atom. The molecule has 0 saturated carbocycles. The molecule has 1 unspecified atom stereocenters. The summed E-state index contributed by atoms with van der Waals surface area (Å²) in [5, 5.41) is 3.20. The first kappa shape index (κ1) is 24.9. The second-order valence-electron chi connectivity index (χ2n) is 8.55. The molecule has 35 heavy (non-hydrogen) atoms. The van der Waals surface area contributed by atoms with Gasteiger partial charge in [0.15, 0.2) is 0 Å². The Kier molecular flexibility index (Phi) is 7.85. The molecule has 1 amide bonds. The number of amides is 1. The zero-order valence-electron chi connectivity index (χ0n) is 20.0. The second-order valence-corrected chi connectivity index (χ2v) is 10.5. The summed E-state index contributed by atoms with van der Waals surface area (Å²) in [4.78, 5) is 15.5. The molecule has 1 aliphatic rings. The molecule has 4 rings (SSSR count). The molecule has 0 aliphatic carbocycles. The summed E-state index contributed by atoms with van der Waals surface area (Å²) in [5.74, 6) is 0.520. The minimum Gasteiger partial charge on any atom is -0.497 e. The van der Waals surface area contributed by atoms with Crippen LogP contribution in [0.1, 0.15) is 24.1 Å². The fraction of sp³-hybridized carbons (Fsp3) is 0.296. The van der Waals surface area contributed by atoms with Crippen molar-refractivity contribution in [1.29, 1.82) is 0 Å². The van der Waals surface area contributed by atoms with Crippen LogP contribution in [0.3, 0.4) is 0 Å². The van der Waals surface area contributed by atoms with Crippen molar-refractivity contribution in [3.63, 3.8) is 0 Å². The largest absolute Gasteiger partial charge is 0.497 e. The number of carbonyl (C=O) groups is 1. The van der Waals surface area contributed by atoms with Gasteiger partial charge in [-0.25, -0.2) is 8.42 Å². The zero-order valence-corrected chi connectivity index (χ0v) is 20.8. The fourth-order valence-corrected chi connectivity index (χ4v) is 5.73. The summed E-state index contributed by atoms with van der Waals surface area (Å²) in [6.45, 7) is 3.48. The van der Waals surface area contributed by atoms with Crippen molar-refractivity contribution in [2.45, 2.75) is 23.9 Å². The Labute approximate surface area is 207 Å². The van der Waals surface area contributed by atoms with Crippen LogP contribution in [0.5, 0.6) is 5.75 Å². The predicted octanol–water partition coefficient (Wildman–Crippen LogP) is 3.30. The number of hydrogen-bond donors (Lipinski definition) is 1. The van der Waals surface area contributed by atoms with Crippen LogP contribution in [0.25, 0.3) is 0 Å². The van der Waals surface area contributed by atoms with Gasteiger partial charge in [0.2, 0.25) is 15.9 Å². The molecule has 3 aromatic carbocycles. The van der Waals surface area contributed by atoms with Crippen molar-refractivity contribution >= 4 is 15.9 Å². The molecule has 184 valence electrons. The van der Waals surface area contributed by atoms with E-state index in [2.05, 4.69) is 5.32 Å². The van der Waals surface area contributed by atoms with Crippen LogP contribution in [-0.4, -0.2) is 62.9 Å². The monoisotopic (exact) mass is 493 g/mol. The highest BCUT2D eigenvalue weighted by Gasteiger charge is 2.32. The number of hydrogen-bond acceptors (Lipinski definition) is 5. The number of methoxy groups -OCH3 is 1. The molecule has 1 atom stereocenters. The highest BCUT2D eigenvalue weighted by molar-refractivity contribution is 7.89. The first-order chi connectivity index (χ1) is 16.9. The molecule has 1 saturated heterocycles. The van der Waals surface area contributed by atoms with Crippen molar-refractivity contribution in [2.24, 2.45) is 0 Å². The lowest BCUT2D eigenvalue weighted by molar-refractivity contribution is -0.126. The summed E-state index contributed by atoms with van der Waals surface area (Å²) < 4.78 is 32.7. The predicted molar refractivity (Wildman–Crippen MR) is 136 cm³/mol. The standard InChI is InChI=1S/C27H31N3O4S/c1-21(27(31)28-26(22-9-5-3-6-10-22)23-11-7-4-8-12-23)29-17-19-30(20-18-29)35(32,33)25-15-13-24(34-2)14-16-25/h3-16,21,26H,17-20H2,1-2H3,(H,28,31). The Morgan fingerprint density at radius 2 is 1.34 bits per heavy atom. The Morgan fingerprint density at radius 3 is 1.83 bits per heavy atom. The van der Waals surface area contributed by atoms with Gasteiger partial charge in [0.25, 0.3) is 0 Å². The average molecular weight is 494 g/mol. The van der Waals surface area contributed by atoms with Crippen LogP contribution >= 0.6 is 0 Å². The van der Waals surface area contributed by atoms with Gasteiger partial charge in [-0.3, -0.25) is 9.69 Å². The molecule has 0 bridgehead atoms. The molecule has 7 nitrogen and oxygen atoms in total. The van der Waals surface area contributed by atoms with Crippen LogP contribution < -0.4 is 10.1 Å². The minimum absolute atomic E-state index is 0.0887. The molecule has 1 N–H and O–H groups in total. The van der Waals surface area contributed by atoms with E-state index in [4.69, 9.17) is 4.74 Å². The van der Waals surface area contributed by atoms with Gasteiger partial charge in [-0.05, 0) is 42.3 Å². The van der Waals surface area contributed by atoms with Crippen LogP contribution in [-0.2, 0) is 14.8 Å². The quantitative estimate of drug-likeness (QED) is 0.521. The maximum Gasteiger partial charge on any atom is 0.243 e. The maximum atomic E-state index is 13.3. The van der Waals surface area contributed by atoms with E-state index in [0.29, 0.717) is 31.9 Å². The van der Waals surface area contributed by atoms with E-state index < -0.39 is 16.1 Å². The molecule has 0 spiro atoms. The van der Waals surface area contributed by atoms with Crippen molar-refractivity contribution < 1.29 is 17.9 Å². The van der Waals surface area contributed by atoms with Crippen molar-refractivity contribution in [3.8, 4) is 5.75 Å². The first-order valence-electron chi connectivity index (χ1n) is 11.7. The lowest BCUT2D eigenvalue weighted by Gasteiger charge is -2.37. The highest BCUT2D eigenvalue weighted by Crippen LogP contribution is 2.24. The number of benzene rings is 3. The van der Waals surface area contributed by atoms with Gasteiger partial charge in [0, 0.05) is 26.2 Å². The zero-order chi connectivity index (χ0) is 24.8. The van der Waals surface area contributed by atoms with E-state index in [1.165, 1.54) is 4.31 Å². The summed E-state index contributed by atoms with van der Waals surface area (Å²) in [5.41, 5.74) is 2.02. The smallest absolute Gasteiger partial charge is 0.243 e. The third-order valence-corrected chi connectivity index (χ3v) is 8.36. The third kappa shape index (κ3) is 5.73. The summed E-state index contributed by atoms with van der Waals surface area (Å²) in [6, 6.07) is 25.5. The topological polar surface area (TPSA) is 79.0 Å². The number of ether oxygens (including phenoxy) is 1. The van der Waals surface area contributed by atoms with Crippen molar-refractivity contribution in [3.05, 3.63) is 96.1 Å². The lowest BCUT2D eigenvalue weighted by atomic mass is 9.98. The Balaban J connectivity index is 1.41. The molecule has 1 fully saturated rings. The fourth-order valence-electron chi connectivity index (χ4n) is 4.31. The summed E-state index contributed by atoms with van der Waals surface area (Å²) >= 11 is 0. The van der Waals surface area contributed by atoms with Gasteiger partial charge in [-0.15, -0.1) is 0 Å². The number of carbonyl (C=O) groups excluding carboxylic acids is 1. The van der Waals surface area contributed by atoms with E-state index in [1.54, 1.807) is 31.4 Å². The van der Waals surface area contributed by atoms with Gasteiger partial charge in [-0.2, -0.15) is 4.31 Å². The van der Waals surface area contributed by atoms with E-state index in [0.717, 1.165) is 11.1 Å². The van der Waals surface area contributed by atoms with Crippen molar-refractivity contribution in [1.82, 2.24) is 14.5 Å². The lowest BCUT2D eigenvalue weighted by Crippen LogP contribution is -2.55. The Hall–Kier alpha value is -3.20. The second kappa shape index (κ2) is 11.0. The van der Waals surface area contributed by atoms with Crippen LogP contribution in [0.15, 0.2) is 89.8 Å². The molecular weight excluding hydrogens is 462 g/mol. The number of nitrogens with zero attached hydrogens (tertiary/aromatic N) is 2. The summed E-state index contributed by atoms with van der Waals surface area (Å²) in [7, 11) is -2.05. The minimum atomic E-state index is -3.60. The number of rotatable bonds is 8. The van der Waals surface area contributed by atoms with E-state index in [9.17, 15) is 13.2 Å². The molecule has 1 heterocycles. The summed E-state index contributed by atoms with van der Waals surface area (Å²) in [6.07, 6.45) is 0. The molecule has 0 aromatic heterocycles. The normalized spacial score (nSPS) is 16.1. The molecule has 8 heteroatoms. The van der Waals surface area contributed by atoms with E-state index >= 15 is 0 Å². The van der Waals surface area contributed by atoms with Gasteiger partial charge < -0.3 is 10.1 Å². The average Bonchev–Trinajstić information content (AvgIpc) is 2.92. The van der Waals surface area contributed by atoms with E-state index in [1.807, 2.05) is 72.5 Å². The van der Waals surface area contributed by atoms with Gasteiger partial charge in [-0.1, -0.05) is 60.7 Å². The molecule has 3 aromatic rings. The third-order valence-electron chi connectivity index (χ3n) is 6.45. The number of nitrogens with one attached hydrogen (secondary N) is 1. The first-order valence-corrected chi connectivity index (χ1v) is 13.1.